The van der Waals surface area contributed by atoms with Gasteiger partial charge in [-0.3, -0.25) is 0 Å². The van der Waals surface area contributed by atoms with Crippen molar-refractivity contribution in [1.29, 1.82) is 0 Å². The minimum Gasteiger partial charge on any atom is -0.497 e. The Kier molecular flexibility index (Phi) is 4.41. The maximum Gasteiger partial charge on any atom is 0.434 e. The van der Waals surface area contributed by atoms with Crippen LogP contribution >= 0.6 is 15.9 Å². The van der Waals surface area contributed by atoms with E-state index in [-0.39, 0.29) is 10.2 Å². The molecule has 0 unspecified atom stereocenters. The molecule has 3 nitrogen and oxygen atoms in total. The molecule has 1 aliphatic rings. The first-order valence-electron chi connectivity index (χ1n) is 5.93. The smallest absolute Gasteiger partial charge is 0.434 e. The highest BCUT2D eigenvalue weighted by Gasteiger charge is 2.38. The summed E-state index contributed by atoms with van der Waals surface area (Å²) in [6.07, 6.45) is -3.37. The van der Waals surface area contributed by atoms with E-state index in [9.17, 15) is 13.2 Å². The number of nitrogens with zero attached hydrogens (tertiary/aromatic N) is 2. The number of hydrogen-bond donors (Lipinski definition) is 0. The second kappa shape index (κ2) is 5.93. The van der Waals surface area contributed by atoms with Crippen LogP contribution in [0.15, 0.2) is 51.7 Å². The van der Waals surface area contributed by atoms with Crippen LogP contribution in [0.4, 0.5) is 13.2 Å². The van der Waals surface area contributed by atoms with Crippen LogP contribution in [0.3, 0.4) is 0 Å². The molecule has 1 aromatic rings. The molecule has 0 aromatic heterocycles. The summed E-state index contributed by atoms with van der Waals surface area (Å²) in [5, 5.41) is 0. The van der Waals surface area contributed by atoms with Crippen molar-refractivity contribution in [3.05, 3.63) is 52.3 Å². The van der Waals surface area contributed by atoms with Crippen molar-refractivity contribution >= 4 is 22.3 Å². The average Bonchev–Trinajstić information content (AvgIpc) is 2.43. The van der Waals surface area contributed by atoms with Gasteiger partial charge >= 0.3 is 6.18 Å². The van der Waals surface area contributed by atoms with E-state index in [2.05, 4.69) is 27.5 Å². The van der Waals surface area contributed by atoms with E-state index < -0.39 is 11.9 Å². The molecule has 0 saturated heterocycles. The predicted octanol–water partition coefficient (Wildman–Crippen LogP) is 4.22. The Balaban J connectivity index is 2.16. The topological polar surface area (TPSA) is 24.8 Å². The second-order valence-corrected chi connectivity index (χ2v) is 5.12. The van der Waals surface area contributed by atoms with E-state index in [1.54, 1.807) is 24.1 Å². The molecule has 0 bridgehead atoms. The highest BCUT2D eigenvalue weighted by atomic mass is 79.9. The Labute approximate surface area is 128 Å². The maximum atomic E-state index is 12.7. The molecule has 1 aromatic carbocycles. The van der Waals surface area contributed by atoms with Crippen molar-refractivity contribution in [2.24, 2.45) is 4.99 Å². The summed E-state index contributed by atoms with van der Waals surface area (Å²) in [7, 11) is 1.56. The molecule has 0 N–H and O–H groups in total. The summed E-state index contributed by atoms with van der Waals surface area (Å²) in [6, 6.07) is 7.23. The van der Waals surface area contributed by atoms with Crippen LogP contribution in [0.25, 0.3) is 0 Å². The van der Waals surface area contributed by atoms with Crippen molar-refractivity contribution in [3.8, 4) is 5.75 Å². The molecule has 0 aliphatic carbocycles. The van der Waals surface area contributed by atoms with Gasteiger partial charge in [0.25, 0.3) is 0 Å². The molecule has 2 rings (SSSR count). The van der Waals surface area contributed by atoms with Gasteiger partial charge in [0, 0.05) is 6.54 Å². The average molecular weight is 361 g/mol. The number of hydrogen-bond acceptors (Lipinski definition) is 3. The van der Waals surface area contributed by atoms with E-state index in [1.165, 1.54) is 0 Å². The first-order chi connectivity index (χ1) is 9.82. The summed E-state index contributed by atoms with van der Waals surface area (Å²) >= 11 is 2.92. The lowest BCUT2D eigenvalue weighted by Gasteiger charge is -2.27. The standard InChI is InChI=1S/C14H12BrF3N2O/c1-9-12(15)13(14(16,17)18)19-8-20(9)7-10-3-5-11(21-2)6-4-10/h3-6,8H,1,7H2,2H3. The number of alkyl halides is 3. The molecule has 0 spiro atoms. The van der Waals surface area contributed by atoms with Crippen molar-refractivity contribution in [3.63, 3.8) is 0 Å². The van der Waals surface area contributed by atoms with Crippen molar-refractivity contribution < 1.29 is 17.9 Å². The van der Waals surface area contributed by atoms with Gasteiger partial charge in [0.2, 0.25) is 0 Å². The number of rotatable bonds is 3. The summed E-state index contributed by atoms with van der Waals surface area (Å²) < 4.78 is 43.1. The Hall–Kier alpha value is -1.76. The first-order valence-corrected chi connectivity index (χ1v) is 6.72. The summed E-state index contributed by atoms with van der Waals surface area (Å²) in [4.78, 5) is 5.01. The van der Waals surface area contributed by atoms with Crippen LogP contribution in [-0.2, 0) is 6.54 Å². The van der Waals surface area contributed by atoms with Crippen LogP contribution in [0.5, 0.6) is 5.75 Å². The number of methoxy groups -OCH3 is 1. The van der Waals surface area contributed by atoms with Gasteiger partial charge in [-0.2, -0.15) is 13.2 Å². The van der Waals surface area contributed by atoms with Crippen molar-refractivity contribution in [2.45, 2.75) is 12.7 Å². The summed E-state index contributed by atoms with van der Waals surface area (Å²) in [6.45, 7) is 4.04. The molecule has 0 amide bonds. The molecule has 21 heavy (non-hydrogen) atoms. The molecule has 0 saturated carbocycles. The zero-order valence-electron chi connectivity index (χ0n) is 11.1. The van der Waals surface area contributed by atoms with Crippen LogP contribution < -0.4 is 4.74 Å². The number of benzene rings is 1. The molecular weight excluding hydrogens is 349 g/mol. The molecule has 0 radical (unpaired) electrons. The minimum atomic E-state index is -4.51. The van der Waals surface area contributed by atoms with Gasteiger partial charge < -0.3 is 9.64 Å². The van der Waals surface area contributed by atoms with E-state index in [4.69, 9.17) is 4.74 Å². The zero-order chi connectivity index (χ0) is 15.6. The quantitative estimate of drug-likeness (QED) is 0.805. The molecule has 1 aliphatic heterocycles. The van der Waals surface area contributed by atoms with Gasteiger partial charge in [-0.05, 0) is 33.6 Å². The van der Waals surface area contributed by atoms with Gasteiger partial charge in [0.1, 0.15) is 5.75 Å². The van der Waals surface area contributed by atoms with E-state index in [0.717, 1.165) is 11.9 Å². The molecule has 0 fully saturated rings. The lowest BCUT2D eigenvalue weighted by atomic mass is 10.2. The third kappa shape index (κ3) is 3.47. The molecule has 112 valence electrons. The summed E-state index contributed by atoms with van der Waals surface area (Å²) in [5.74, 6) is 0.713. The highest BCUT2D eigenvalue weighted by molar-refractivity contribution is 9.12. The largest absolute Gasteiger partial charge is 0.497 e. The highest BCUT2D eigenvalue weighted by Crippen LogP contribution is 2.37. The third-order valence-electron chi connectivity index (χ3n) is 2.91. The van der Waals surface area contributed by atoms with Crippen LogP contribution in [0, 0.1) is 0 Å². The third-order valence-corrected chi connectivity index (χ3v) is 3.75. The predicted molar refractivity (Wildman–Crippen MR) is 78.2 cm³/mol. The van der Waals surface area contributed by atoms with E-state index in [0.29, 0.717) is 12.3 Å². The van der Waals surface area contributed by atoms with Gasteiger partial charge in [-0.1, -0.05) is 18.7 Å². The van der Waals surface area contributed by atoms with Crippen molar-refractivity contribution in [2.75, 3.05) is 7.11 Å². The van der Waals surface area contributed by atoms with Gasteiger partial charge in [-0.15, -0.1) is 0 Å². The summed E-state index contributed by atoms with van der Waals surface area (Å²) in [5.41, 5.74) is 0.144. The number of aliphatic imine (C=N–C) groups is 1. The minimum absolute atomic E-state index is 0.147. The van der Waals surface area contributed by atoms with Gasteiger partial charge in [0.05, 0.1) is 23.6 Å². The Morgan fingerprint density at radius 2 is 1.90 bits per heavy atom. The fourth-order valence-corrected chi connectivity index (χ4v) is 2.33. The van der Waals surface area contributed by atoms with Gasteiger partial charge in [-0.25, -0.2) is 4.99 Å². The normalized spacial score (nSPS) is 15.7. The number of ether oxygens (including phenoxy) is 1. The fraction of sp³-hybridized carbons (Fsp3) is 0.214. The molecule has 0 atom stereocenters. The van der Waals surface area contributed by atoms with Gasteiger partial charge in [0.15, 0.2) is 5.70 Å². The molecular formula is C14H12BrF3N2O. The van der Waals surface area contributed by atoms with E-state index >= 15 is 0 Å². The van der Waals surface area contributed by atoms with E-state index in [1.807, 2.05) is 12.1 Å². The fourth-order valence-electron chi connectivity index (χ4n) is 1.78. The monoisotopic (exact) mass is 360 g/mol. The lowest BCUT2D eigenvalue weighted by molar-refractivity contribution is -0.0928. The maximum absolute atomic E-state index is 12.7. The SMILES string of the molecule is C=C1C(Br)=C(C(F)(F)F)N=CN1Cc1ccc(OC)cc1. The second-order valence-electron chi connectivity index (χ2n) is 4.33. The first kappa shape index (κ1) is 15.6. The van der Waals surface area contributed by atoms with Crippen LogP contribution in [-0.4, -0.2) is 24.5 Å². The Morgan fingerprint density at radius 3 is 2.43 bits per heavy atom. The molecule has 7 heteroatoms. The number of halogens is 4. The zero-order valence-corrected chi connectivity index (χ0v) is 12.7. The Morgan fingerprint density at radius 1 is 1.29 bits per heavy atom. The number of allylic oxidation sites excluding steroid dienone is 2. The lowest BCUT2D eigenvalue weighted by Crippen LogP contribution is -2.27. The van der Waals surface area contributed by atoms with Crippen LogP contribution in [0.1, 0.15) is 5.56 Å². The molecule has 1 heterocycles. The van der Waals surface area contributed by atoms with Crippen LogP contribution in [0.2, 0.25) is 0 Å². The van der Waals surface area contributed by atoms with Crippen molar-refractivity contribution in [1.82, 2.24) is 4.90 Å². The Bertz CT molecular complexity index is 606.